The van der Waals surface area contributed by atoms with Crippen LogP contribution in [-0.2, 0) is 4.08 Å². The van der Waals surface area contributed by atoms with Gasteiger partial charge in [-0.2, -0.15) is 21.0 Å². The number of hydrogen-bond acceptors (Lipinski definition) is 6. The molecule has 0 unspecified atom stereocenters. The van der Waals surface area contributed by atoms with E-state index in [0.29, 0.717) is 0 Å². The molecule has 0 aromatic heterocycles. The molecule has 0 spiro atoms. The Bertz CT molecular complexity index is 1080. The Labute approximate surface area is 178 Å². The third kappa shape index (κ3) is 2.25. The highest BCUT2D eigenvalue weighted by Gasteiger charge is 2.78. The first kappa shape index (κ1) is 19.4. The first-order valence-corrected chi connectivity index (χ1v) is 10.9. The molecule has 0 N–H and O–H groups in total. The fourth-order valence-corrected chi connectivity index (χ4v) is 9.32. The van der Waals surface area contributed by atoms with Crippen LogP contribution in [0.2, 0.25) is 0 Å². The summed E-state index contributed by atoms with van der Waals surface area (Å²) in [5.74, 6) is -0.551. The SMILES string of the molecule is C[C@H]1S[C@@]2(c3ccccc3)S[C@H]1[C@H](c1ccccc1)C(C#N)(C#N)C2(C#N)C#N. The molecule has 0 saturated carbocycles. The maximum atomic E-state index is 10.4. The van der Waals surface area contributed by atoms with Crippen LogP contribution in [0.4, 0.5) is 0 Å². The molecule has 2 aromatic carbocycles. The van der Waals surface area contributed by atoms with Crippen LogP contribution in [0.3, 0.4) is 0 Å². The van der Waals surface area contributed by atoms with Crippen molar-refractivity contribution >= 4 is 23.5 Å². The third-order valence-corrected chi connectivity index (χ3v) is 10.1. The van der Waals surface area contributed by atoms with Crippen LogP contribution in [-0.4, -0.2) is 10.5 Å². The van der Waals surface area contributed by atoms with Gasteiger partial charge in [0.2, 0.25) is 5.41 Å². The van der Waals surface area contributed by atoms with Gasteiger partial charge in [0.15, 0.2) is 5.41 Å². The quantitative estimate of drug-likeness (QED) is 0.693. The van der Waals surface area contributed by atoms with Crippen LogP contribution in [0.15, 0.2) is 60.7 Å². The number of fused-ring (bicyclic) bond motifs is 2. The number of nitriles is 4. The number of rotatable bonds is 2. The molecule has 2 aliphatic heterocycles. The van der Waals surface area contributed by atoms with E-state index < -0.39 is 20.8 Å². The summed E-state index contributed by atoms with van der Waals surface area (Å²) in [5, 5.41) is 41.6. The van der Waals surface area contributed by atoms with Crippen LogP contribution in [0.1, 0.15) is 24.0 Å². The van der Waals surface area contributed by atoms with Gasteiger partial charge in [-0.05, 0) is 11.1 Å². The molecule has 0 aliphatic carbocycles. The second-order valence-electron chi connectivity index (χ2n) is 7.28. The molecule has 29 heavy (non-hydrogen) atoms. The summed E-state index contributed by atoms with van der Waals surface area (Å²) in [6.45, 7) is 2.06. The average molecular weight is 413 g/mol. The smallest absolute Gasteiger partial charge is 0.196 e. The van der Waals surface area contributed by atoms with E-state index in [1.165, 1.54) is 11.8 Å². The van der Waals surface area contributed by atoms with Gasteiger partial charge < -0.3 is 0 Å². The van der Waals surface area contributed by atoms with Crippen LogP contribution in [0, 0.1) is 56.2 Å². The van der Waals surface area contributed by atoms with Gasteiger partial charge in [0, 0.05) is 16.4 Å². The summed E-state index contributed by atoms with van der Waals surface area (Å²) in [7, 11) is 0. The molecule has 2 aromatic rings. The van der Waals surface area contributed by atoms with Crippen LogP contribution < -0.4 is 0 Å². The largest absolute Gasteiger partial charge is 0.203 e. The van der Waals surface area contributed by atoms with Gasteiger partial charge in [-0.25, -0.2) is 0 Å². The molecule has 6 heteroatoms. The topological polar surface area (TPSA) is 95.2 Å². The zero-order valence-corrected chi connectivity index (χ0v) is 17.2. The minimum absolute atomic E-state index is 0.0510. The summed E-state index contributed by atoms with van der Waals surface area (Å²) in [5.41, 5.74) is -2.03. The van der Waals surface area contributed by atoms with Crippen molar-refractivity contribution in [2.45, 2.75) is 27.4 Å². The summed E-state index contributed by atoms with van der Waals surface area (Å²) < 4.78 is -1.02. The normalized spacial score (nSPS) is 30.9. The predicted octanol–water partition coefficient (Wildman–Crippen LogP) is 4.94. The lowest BCUT2D eigenvalue weighted by molar-refractivity contribution is 0.214. The Balaban J connectivity index is 2.10. The molecule has 2 bridgehead atoms. The van der Waals surface area contributed by atoms with E-state index in [1.807, 2.05) is 60.7 Å². The highest BCUT2D eigenvalue weighted by Crippen LogP contribution is 2.78. The van der Waals surface area contributed by atoms with Gasteiger partial charge in [-0.3, -0.25) is 0 Å². The van der Waals surface area contributed by atoms with Crippen molar-refractivity contribution < 1.29 is 0 Å². The van der Waals surface area contributed by atoms with E-state index >= 15 is 0 Å². The molecule has 2 fully saturated rings. The molecular formula is C23H16N4S2. The molecule has 4 nitrogen and oxygen atoms in total. The molecule has 2 saturated heterocycles. The van der Waals surface area contributed by atoms with E-state index in [-0.39, 0.29) is 10.5 Å². The molecule has 2 aliphatic rings. The monoisotopic (exact) mass is 412 g/mol. The average Bonchev–Trinajstić information content (AvgIpc) is 3.10. The Hall–Kier alpha value is -2.90. The lowest BCUT2D eigenvalue weighted by atomic mass is 9.54. The first-order valence-electron chi connectivity index (χ1n) is 9.17. The lowest BCUT2D eigenvalue weighted by Gasteiger charge is -2.51. The Kier molecular flexibility index (Phi) is 4.59. The number of benzene rings is 2. The van der Waals surface area contributed by atoms with E-state index in [4.69, 9.17) is 0 Å². The van der Waals surface area contributed by atoms with Crippen LogP contribution >= 0.6 is 23.5 Å². The second-order valence-corrected chi connectivity index (χ2v) is 10.5. The van der Waals surface area contributed by atoms with E-state index in [9.17, 15) is 21.0 Å². The molecule has 4 rings (SSSR count). The van der Waals surface area contributed by atoms with Crippen molar-refractivity contribution in [3.8, 4) is 24.3 Å². The van der Waals surface area contributed by atoms with Gasteiger partial charge in [-0.1, -0.05) is 67.6 Å². The minimum atomic E-state index is -1.85. The summed E-state index contributed by atoms with van der Waals surface area (Å²) in [6.07, 6.45) is 0. The van der Waals surface area contributed by atoms with E-state index in [1.54, 1.807) is 11.8 Å². The van der Waals surface area contributed by atoms with Gasteiger partial charge in [0.25, 0.3) is 0 Å². The van der Waals surface area contributed by atoms with E-state index in [0.717, 1.165) is 11.1 Å². The number of thioether (sulfide) groups is 2. The van der Waals surface area contributed by atoms with Crippen molar-refractivity contribution in [1.29, 1.82) is 21.0 Å². The fraction of sp³-hybridized carbons (Fsp3) is 0.304. The van der Waals surface area contributed by atoms with Crippen molar-refractivity contribution in [3.05, 3.63) is 71.8 Å². The van der Waals surface area contributed by atoms with Crippen molar-refractivity contribution in [2.75, 3.05) is 0 Å². The lowest BCUT2D eigenvalue weighted by Crippen LogP contribution is -2.57. The molecule has 0 radical (unpaired) electrons. The Morgan fingerprint density at radius 1 is 0.759 bits per heavy atom. The van der Waals surface area contributed by atoms with Gasteiger partial charge in [-0.15, -0.1) is 23.5 Å². The molecule has 4 atom stereocenters. The second kappa shape index (κ2) is 6.86. The highest BCUT2D eigenvalue weighted by molar-refractivity contribution is 8.21. The summed E-state index contributed by atoms with van der Waals surface area (Å²) in [4.78, 5) is 0. The van der Waals surface area contributed by atoms with Crippen molar-refractivity contribution in [1.82, 2.24) is 0 Å². The van der Waals surface area contributed by atoms with Crippen molar-refractivity contribution in [2.24, 2.45) is 10.8 Å². The highest BCUT2D eigenvalue weighted by atomic mass is 32.2. The zero-order chi connectivity index (χ0) is 20.7. The predicted molar refractivity (Wildman–Crippen MR) is 113 cm³/mol. The molecule has 140 valence electrons. The molecular weight excluding hydrogens is 396 g/mol. The number of nitrogens with zero attached hydrogens (tertiary/aromatic N) is 4. The Morgan fingerprint density at radius 3 is 1.83 bits per heavy atom. The Morgan fingerprint density at radius 2 is 1.31 bits per heavy atom. The maximum Gasteiger partial charge on any atom is 0.203 e. The maximum absolute atomic E-state index is 10.4. The fourth-order valence-electron chi connectivity index (χ4n) is 4.69. The zero-order valence-electron chi connectivity index (χ0n) is 15.6. The van der Waals surface area contributed by atoms with E-state index in [2.05, 4.69) is 31.2 Å². The number of hydrogen-bond donors (Lipinski definition) is 0. The molecule has 0 amide bonds. The van der Waals surface area contributed by atoms with Crippen LogP contribution in [0.5, 0.6) is 0 Å². The van der Waals surface area contributed by atoms with Crippen LogP contribution in [0.25, 0.3) is 0 Å². The van der Waals surface area contributed by atoms with Gasteiger partial charge in [0.05, 0.1) is 24.3 Å². The standard InChI is InChI=1S/C23H16N4S2/c1-16-20-19(17-8-4-2-5-9-17)21(12-24,13-25)22(14-26,15-27)23(28-16,29-20)18-10-6-3-7-11-18/h2-11,16,19-20H,1H3/t16-,19+,20-,23+/m1/s1. The third-order valence-electron chi connectivity index (χ3n) is 6.00. The minimum Gasteiger partial charge on any atom is -0.196 e. The summed E-state index contributed by atoms with van der Waals surface area (Å²) >= 11 is 3.11. The van der Waals surface area contributed by atoms with Crippen molar-refractivity contribution in [3.63, 3.8) is 0 Å². The molecule has 2 heterocycles. The first-order chi connectivity index (χ1) is 14.1. The van der Waals surface area contributed by atoms with Gasteiger partial charge in [0.1, 0.15) is 4.08 Å². The summed E-state index contributed by atoms with van der Waals surface area (Å²) in [6, 6.07) is 27.6. The van der Waals surface area contributed by atoms with Gasteiger partial charge >= 0.3 is 0 Å².